The summed E-state index contributed by atoms with van der Waals surface area (Å²) in [7, 11) is 0. The zero-order valence-corrected chi connectivity index (χ0v) is 18.3. The first-order valence-electron chi connectivity index (χ1n) is 11.3. The molecular weight excluding hydrogens is 364 g/mol. The van der Waals surface area contributed by atoms with E-state index in [0.29, 0.717) is 18.4 Å². The average Bonchev–Trinajstić information content (AvgIpc) is 3.04. The summed E-state index contributed by atoms with van der Waals surface area (Å²) < 4.78 is 4.93. The second kappa shape index (κ2) is 7.57. The highest BCUT2D eigenvalue weighted by Crippen LogP contribution is 2.65. The van der Waals surface area contributed by atoms with Gasteiger partial charge in [0.1, 0.15) is 0 Å². The van der Waals surface area contributed by atoms with E-state index < -0.39 is 6.09 Å². The number of aliphatic hydroxyl groups excluding tert-OH is 1. The third kappa shape index (κ3) is 3.35. The van der Waals surface area contributed by atoms with Gasteiger partial charge in [-0.1, -0.05) is 31.6 Å². The first-order chi connectivity index (χ1) is 13.8. The lowest BCUT2D eigenvalue weighted by atomic mass is 9.47. The number of nitrogens with zero attached hydrogens (tertiary/aromatic N) is 1. The van der Waals surface area contributed by atoms with Crippen molar-refractivity contribution in [3.8, 4) is 0 Å². The third-order valence-electron chi connectivity index (χ3n) is 8.64. The number of ether oxygens (including phenoxy) is 1. The molecule has 29 heavy (non-hydrogen) atoms. The zero-order valence-electron chi connectivity index (χ0n) is 18.3. The molecule has 5 nitrogen and oxygen atoms in total. The van der Waals surface area contributed by atoms with E-state index in [0.717, 1.165) is 43.7 Å². The van der Waals surface area contributed by atoms with Gasteiger partial charge in [-0.15, -0.1) is 0 Å². The van der Waals surface area contributed by atoms with Crippen LogP contribution in [0.5, 0.6) is 0 Å². The smallest absolute Gasteiger partial charge is 0.427 e. The second-order valence-corrected chi connectivity index (χ2v) is 10.00. The summed E-state index contributed by atoms with van der Waals surface area (Å²) >= 11 is 0. The molecule has 0 spiro atoms. The van der Waals surface area contributed by atoms with Gasteiger partial charge < -0.3 is 9.84 Å². The lowest BCUT2D eigenvalue weighted by Gasteiger charge is -2.57. The maximum atomic E-state index is 11.6. The number of aliphatic hydroxyl groups is 1. The van der Waals surface area contributed by atoms with Crippen LogP contribution < -0.4 is 5.43 Å². The highest BCUT2D eigenvalue weighted by molar-refractivity contribution is 6.00. The van der Waals surface area contributed by atoms with Crippen LogP contribution in [0.15, 0.2) is 28.4 Å². The van der Waals surface area contributed by atoms with E-state index in [1.807, 2.05) is 6.92 Å². The number of carbonyl (C=O) groups excluding carboxylic acids is 1. The SMILES string of the molecule is CCOC(=O)N/N=C(/C)C1=CC[C@@H]2[C@H]3CC=C4C[C@@H](O)CC[C@]4(C)[C@@H]3CC[C@]12C. The topological polar surface area (TPSA) is 70.9 Å². The van der Waals surface area contributed by atoms with Gasteiger partial charge >= 0.3 is 6.09 Å². The van der Waals surface area contributed by atoms with Crippen LogP contribution in [0.25, 0.3) is 0 Å². The Morgan fingerprint density at radius 2 is 1.97 bits per heavy atom. The maximum absolute atomic E-state index is 11.6. The van der Waals surface area contributed by atoms with Crippen molar-refractivity contribution in [1.29, 1.82) is 0 Å². The summed E-state index contributed by atoms with van der Waals surface area (Å²) in [6, 6.07) is 0. The molecule has 2 N–H and O–H groups in total. The van der Waals surface area contributed by atoms with Crippen LogP contribution in [0.3, 0.4) is 0 Å². The summed E-state index contributed by atoms with van der Waals surface area (Å²) in [5.74, 6) is 2.04. The van der Waals surface area contributed by atoms with Crippen LogP contribution in [0, 0.1) is 28.6 Å². The Kier molecular flexibility index (Phi) is 5.39. The van der Waals surface area contributed by atoms with Gasteiger partial charge in [0, 0.05) is 0 Å². The molecule has 0 saturated heterocycles. The molecule has 0 aromatic carbocycles. The summed E-state index contributed by atoms with van der Waals surface area (Å²) in [4.78, 5) is 11.6. The Balaban J connectivity index is 1.54. The van der Waals surface area contributed by atoms with Gasteiger partial charge in [0.25, 0.3) is 0 Å². The minimum atomic E-state index is -0.492. The fourth-order valence-electron chi connectivity index (χ4n) is 7.12. The average molecular weight is 401 g/mol. The first kappa shape index (κ1) is 20.6. The molecule has 1 amide bonds. The number of rotatable bonds is 3. The molecule has 4 aliphatic carbocycles. The summed E-state index contributed by atoms with van der Waals surface area (Å²) in [6.45, 7) is 9.00. The quantitative estimate of drug-likeness (QED) is 0.399. The minimum absolute atomic E-state index is 0.126. The molecule has 2 fully saturated rings. The van der Waals surface area contributed by atoms with E-state index in [9.17, 15) is 9.90 Å². The van der Waals surface area contributed by atoms with Crippen molar-refractivity contribution in [3.05, 3.63) is 23.3 Å². The molecule has 0 aliphatic heterocycles. The largest absolute Gasteiger partial charge is 0.449 e. The Hall–Kier alpha value is -1.62. The van der Waals surface area contributed by atoms with Crippen LogP contribution >= 0.6 is 0 Å². The molecule has 5 heteroatoms. The second-order valence-electron chi connectivity index (χ2n) is 10.00. The molecule has 0 radical (unpaired) electrons. The van der Waals surface area contributed by atoms with Crippen molar-refractivity contribution < 1.29 is 14.6 Å². The van der Waals surface area contributed by atoms with Gasteiger partial charge in [-0.3, -0.25) is 0 Å². The van der Waals surface area contributed by atoms with Crippen molar-refractivity contribution in [2.45, 2.75) is 78.7 Å². The molecule has 2 saturated carbocycles. The third-order valence-corrected chi connectivity index (χ3v) is 8.64. The molecule has 4 rings (SSSR count). The summed E-state index contributed by atoms with van der Waals surface area (Å²) in [6.07, 6.45) is 11.8. The van der Waals surface area contributed by atoms with E-state index in [-0.39, 0.29) is 16.9 Å². The molecule has 4 aliphatic rings. The van der Waals surface area contributed by atoms with E-state index >= 15 is 0 Å². The van der Waals surface area contributed by atoms with Gasteiger partial charge in [-0.25, -0.2) is 10.2 Å². The molecule has 0 bridgehead atoms. The molecule has 0 aromatic rings. The molecular formula is C24H36N2O3. The van der Waals surface area contributed by atoms with Gasteiger partial charge in [-0.2, -0.15) is 5.10 Å². The van der Waals surface area contributed by atoms with Crippen LogP contribution in [-0.4, -0.2) is 29.6 Å². The minimum Gasteiger partial charge on any atom is -0.449 e. The number of nitrogens with one attached hydrogen (secondary N) is 1. The molecule has 160 valence electrons. The highest BCUT2D eigenvalue weighted by atomic mass is 16.5. The van der Waals surface area contributed by atoms with Crippen molar-refractivity contribution >= 4 is 11.8 Å². The van der Waals surface area contributed by atoms with Crippen molar-refractivity contribution in [1.82, 2.24) is 5.43 Å². The Labute approximate surface area is 174 Å². The van der Waals surface area contributed by atoms with Gasteiger partial charge in [0.15, 0.2) is 0 Å². The predicted octanol–water partition coefficient (Wildman–Crippen LogP) is 4.97. The zero-order chi connectivity index (χ0) is 20.8. The molecule has 6 atom stereocenters. The van der Waals surface area contributed by atoms with Crippen molar-refractivity contribution in [3.63, 3.8) is 0 Å². The number of hydrogen-bond donors (Lipinski definition) is 2. The first-order valence-corrected chi connectivity index (χ1v) is 11.3. The van der Waals surface area contributed by atoms with Gasteiger partial charge in [0.2, 0.25) is 0 Å². The van der Waals surface area contributed by atoms with E-state index in [2.05, 4.69) is 36.5 Å². The number of hydrazone groups is 1. The lowest BCUT2D eigenvalue weighted by molar-refractivity contribution is -0.0279. The lowest BCUT2D eigenvalue weighted by Crippen LogP contribution is -2.50. The summed E-state index contributed by atoms with van der Waals surface area (Å²) in [5, 5.41) is 14.5. The number of carbonyl (C=O) groups is 1. The van der Waals surface area contributed by atoms with E-state index in [1.165, 1.54) is 24.0 Å². The number of amides is 1. The predicted molar refractivity (Wildman–Crippen MR) is 114 cm³/mol. The fourth-order valence-corrected chi connectivity index (χ4v) is 7.12. The Bertz CT molecular complexity index is 770. The van der Waals surface area contributed by atoms with Gasteiger partial charge in [-0.05, 0) is 93.0 Å². The van der Waals surface area contributed by atoms with Crippen LogP contribution in [0.4, 0.5) is 4.79 Å². The maximum Gasteiger partial charge on any atom is 0.427 e. The van der Waals surface area contributed by atoms with Gasteiger partial charge in [0.05, 0.1) is 18.4 Å². The van der Waals surface area contributed by atoms with E-state index in [1.54, 1.807) is 6.92 Å². The number of fused-ring (bicyclic) bond motifs is 5. The van der Waals surface area contributed by atoms with Crippen LogP contribution in [0.1, 0.15) is 72.6 Å². The molecule has 0 aromatic heterocycles. The summed E-state index contributed by atoms with van der Waals surface area (Å²) in [5.41, 5.74) is 6.64. The van der Waals surface area contributed by atoms with E-state index in [4.69, 9.17) is 4.74 Å². The molecule has 0 heterocycles. The normalized spacial score (nSPS) is 41.5. The molecule has 0 unspecified atom stereocenters. The Morgan fingerprint density at radius 3 is 2.72 bits per heavy atom. The monoisotopic (exact) mass is 400 g/mol. The number of hydrogen-bond acceptors (Lipinski definition) is 4. The highest BCUT2D eigenvalue weighted by Gasteiger charge is 2.56. The number of allylic oxidation sites excluding steroid dienone is 3. The van der Waals surface area contributed by atoms with Crippen molar-refractivity contribution in [2.24, 2.45) is 33.7 Å². The van der Waals surface area contributed by atoms with Crippen LogP contribution in [0.2, 0.25) is 0 Å². The van der Waals surface area contributed by atoms with Crippen LogP contribution in [-0.2, 0) is 4.74 Å². The Morgan fingerprint density at radius 1 is 1.21 bits per heavy atom. The standard InChI is InChI=1S/C24H36N2O3/c1-5-29-22(28)26-25-15(2)19-8-9-20-18-7-6-16-14-17(27)10-12-23(16,3)21(18)11-13-24(19,20)4/h6,8,17-18,20-21,27H,5,7,9-14H2,1-4H3,(H,26,28)/b25-15-/t17-,18+,20+,21+,23-,24+/m0/s1. The fraction of sp³-hybridized carbons (Fsp3) is 0.750. The van der Waals surface area contributed by atoms with Crippen molar-refractivity contribution in [2.75, 3.05) is 6.61 Å².